The molecule has 0 radical (unpaired) electrons. The molecule has 39 heavy (non-hydrogen) atoms. The molecule has 3 aromatic rings. The lowest BCUT2D eigenvalue weighted by Gasteiger charge is -2.25. The Morgan fingerprint density at radius 1 is 1.03 bits per heavy atom. The zero-order valence-electron chi connectivity index (χ0n) is 21.9. The van der Waals surface area contributed by atoms with Crippen LogP contribution >= 0.6 is 0 Å². The van der Waals surface area contributed by atoms with Crippen LogP contribution < -0.4 is 23.8 Å². The summed E-state index contributed by atoms with van der Waals surface area (Å²) in [6.07, 6.45) is 4.59. The third-order valence-electron chi connectivity index (χ3n) is 6.67. The van der Waals surface area contributed by atoms with E-state index in [1.807, 2.05) is 0 Å². The monoisotopic (exact) mass is 530 g/mol. The van der Waals surface area contributed by atoms with Gasteiger partial charge in [-0.25, -0.2) is 4.98 Å². The highest BCUT2D eigenvalue weighted by atomic mass is 16.6. The number of carbonyl (C=O) groups excluding carboxylic acids is 2. The van der Waals surface area contributed by atoms with E-state index in [0.717, 1.165) is 19.3 Å². The molecule has 3 heterocycles. The van der Waals surface area contributed by atoms with E-state index in [1.54, 1.807) is 60.8 Å². The minimum Gasteiger partial charge on any atom is -0.507 e. The first-order valence-corrected chi connectivity index (χ1v) is 13.0. The molecule has 0 saturated carbocycles. The van der Waals surface area contributed by atoms with Crippen molar-refractivity contribution in [3.05, 3.63) is 77.5 Å². The van der Waals surface area contributed by atoms with E-state index in [0.29, 0.717) is 53.9 Å². The summed E-state index contributed by atoms with van der Waals surface area (Å²) in [6.45, 7) is 3.46. The molecule has 1 saturated heterocycles. The molecule has 2 aliphatic heterocycles. The molecule has 1 N–H and O–H groups in total. The van der Waals surface area contributed by atoms with Crippen LogP contribution in [-0.2, 0) is 9.59 Å². The van der Waals surface area contributed by atoms with Gasteiger partial charge in [-0.15, -0.1) is 0 Å². The van der Waals surface area contributed by atoms with Crippen LogP contribution in [0.5, 0.6) is 23.0 Å². The molecule has 1 atom stereocenters. The number of anilines is 1. The quantitative estimate of drug-likeness (QED) is 0.177. The normalized spacial score (nSPS) is 17.8. The van der Waals surface area contributed by atoms with Crippen molar-refractivity contribution in [2.24, 2.45) is 0 Å². The van der Waals surface area contributed by atoms with Crippen molar-refractivity contribution >= 4 is 23.3 Å². The second-order valence-corrected chi connectivity index (χ2v) is 9.18. The van der Waals surface area contributed by atoms with Crippen molar-refractivity contribution in [3.63, 3.8) is 0 Å². The van der Waals surface area contributed by atoms with Crippen molar-refractivity contribution in [2.45, 2.75) is 32.2 Å². The summed E-state index contributed by atoms with van der Waals surface area (Å²) in [5, 5.41) is 11.5. The fourth-order valence-corrected chi connectivity index (χ4v) is 4.73. The molecule has 1 aromatic heterocycles. The fourth-order valence-electron chi connectivity index (χ4n) is 4.73. The summed E-state index contributed by atoms with van der Waals surface area (Å²) in [6, 6.07) is 14.3. The number of methoxy groups -OCH3 is 1. The molecule has 1 amide bonds. The predicted molar refractivity (Wildman–Crippen MR) is 144 cm³/mol. The number of hydrogen-bond donors (Lipinski definition) is 1. The van der Waals surface area contributed by atoms with E-state index in [1.165, 1.54) is 12.0 Å². The van der Waals surface area contributed by atoms with Crippen molar-refractivity contribution in [2.75, 3.05) is 31.8 Å². The summed E-state index contributed by atoms with van der Waals surface area (Å²) in [4.78, 5) is 32.4. The van der Waals surface area contributed by atoms with Crippen molar-refractivity contribution in [1.29, 1.82) is 0 Å². The smallest absolute Gasteiger partial charge is 0.301 e. The second kappa shape index (κ2) is 11.5. The van der Waals surface area contributed by atoms with Gasteiger partial charge in [-0.3, -0.25) is 14.5 Å². The lowest BCUT2D eigenvalue weighted by Crippen LogP contribution is -2.30. The van der Waals surface area contributed by atoms with Crippen LogP contribution in [0.4, 0.5) is 5.82 Å². The molecule has 2 aliphatic rings. The van der Waals surface area contributed by atoms with E-state index in [-0.39, 0.29) is 17.2 Å². The Hall–Kier alpha value is -4.53. The third-order valence-corrected chi connectivity index (χ3v) is 6.67. The van der Waals surface area contributed by atoms with Gasteiger partial charge in [0, 0.05) is 11.8 Å². The van der Waals surface area contributed by atoms with Gasteiger partial charge in [0.05, 0.1) is 25.3 Å². The zero-order chi connectivity index (χ0) is 27.4. The second-order valence-electron chi connectivity index (χ2n) is 9.18. The number of aliphatic hydroxyl groups is 1. The first kappa shape index (κ1) is 26.1. The van der Waals surface area contributed by atoms with Gasteiger partial charge in [0.15, 0.2) is 23.0 Å². The first-order chi connectivity index (χ1) is 19.0. The molecular weight excluding hydrogens is 500 g/mol. The van der Waals surface area contributed by atoms with E-state index >= 15 is 0 Å². The van der Waals surface area contributed by atoms with Gasteiger partial charge >= 0.3 is 5.91 Å². The predicted octanol–water partition coefficient (Wildman–Crippen LogP) is 5.06. The molecule has 1 fully saturated rings. The highest BCUT2D eigenvalue weighted by molar-refractivity contribution is 6.51. The highest BCUT2D eigenvalue weighted by Gasteiger charge is 2.47. The van der Waals surface area contributed by atoms with Gasteiger partial charge in [0.1, 0.15) is 24.8 Å². The molecule has 9 nitrogen and oxygen atoms in total. The Bertz CT molecular complexity index is 1400. The molecule has 202 valence electrons. The van der Waals surface area contributed by atoms with E-state index < -0.39 is 17.7 Å². The number of ether oxygens (including phenoxy) is 4. The average Bonchev–Trinajstić information content (AvgIpc) is 3.25. The Kier molecular flexibility index (Phi) is 7.67. The number of pyridine rings is 1. The molecule has 2 aromatic carbocycles. The Morgan fingerprint density at radius 2 is 1.85 bits per heavy atom. The number of fused-ring (bicyclic) bond motifs is 1. The summed E-state index contributed by atoms with van der Waals surface area (Å²) < 4.78 is 22.8. The number of aromatic nitrogens is 1. The lowest BCUT2D eigenvalue weighted by atomic mass is 9.94. The van der Waals surface area contributed by atoms with Crippen molar-refractivity contribution in [3.8, 4) is 23.0 Å². The SMILES string of the molecule is CCCCCOc1ccc(C2/C(=C(\O)c3ccc4c(c3)OCCO4)C(=O)C(=O)N2c2ccccn2)cc1OC. The number of hydrogen-bond acceptors (Lipinski definition) is 8. The van der Waals surface area contributed by atoms with Crippen LogP contribution in [0.3, 0.4) is 0 Å². The number of nitrogens with zero attached hydrogens (tertiary/aromatic N) is 2. The largest absolute Gasteiger partial charge is 0.507 e. The van der Waals surface area contributed by atoms with Crippen LogP contribution in [0.15, 0.2) is 66.4 Å². The first-order valence-electron chi connectivity index (χ1n) is 13.0. The average molecular weight is 531 g/mol. The maximum absolute atomic E-state index is 13.5. The number of amides is 1. The van der Waals surface area contributed by atoms with Gasteiger partial charge in [0.25, 0.3) is 5.78 Å². The zero-order valence-corrected chi connectivity index (χ0v) is 21.9. The molecule has 9 heteroatoms. The maximum atomic E-state index is 13.5. The number of ketones is 1. The fraction of sp³-hybridized carbons (Fsp3) is 0.300. The third kappa shape index (κ3) is 5.12. The van der Waals surface area contributed by atoms with Crippen LogP contribution in [-0.4, -0.2) is 48.7 Å². The number of benzene rings is 2. The van der Waals surface area contributed by atoms with E-state index in [4.69, 9.17) is 18.9 Å². The van der Waals surface area contributed by atoms with E-state index in [9.17, 15) is 14.7 Å². The minimum atomic E-state index is -0.962. The van der Waals surface area contributed by atoms with Gasteiger partial charge in [0.2, 0.25) is 0 Å². The summed E-state index contributed by atoms with van der Waals surface area (Å²) in [7, 11) is 1.53. The number of aliphatic hydroxyl groups excluding tert-OH is 1. The lowest BCUT2D eigenvalue weighted by molar-refractivity contribution is -0.132. The van der Waals surface area contributed by atoms with Gasteiger partial charge < -0.3 is 24.1 Å². The molecule has 0 bridgehead atoms. The van der Waals surface area contributed by atoms with Crippen molar-refractivity contribution < 1.29 is 33.6 Å². The number of unbranched alkanes of at least 4 members (excludes halogenated alkanes) is 2. The maximum Gasteiger partial charge on any atom is 0.301 e. The van der Waals surface area contributed by atoms with Crippen LogP contribution in [0.1, 0.15) is 43.4 Å². The number of rotatable bonds is 9. The Balaban J connectivity index is 1.61. The summed E-state index contributed by atoms with van der Waals surface area (Å²) in [5.74, 6) is 0.342. The molecule has 0 aliphatic carbocycles. The van der Waals surface area contributed by atoms with Gasteiger partial charge in [-0.1, -0.05) is 31.9 Å². The Morgan fingerprint density at radius 3 is 2.59 bits per heavy atom. The molecule has 1 unspecified atom stereocenters. The Labute approximate surface area is 226 Å². The summed E-state index contributed by atoms with van der Waals surface area (Å²) >= 11 is 0. The standard InChI is InChI=1S/C30H30N2O7/c1-3-4-7-14-37-21-11-9-19(17-23(21)36-2)27-26(29(34)30(35)32(27)25-8-5-6-13-31-25)28(33)20-10-12-22-24(18-20)39-16-15-38-22/h5-6,8-13,17-18,27,33H,3-4,7,14-16H2,1-2H3/b28-26+. The molecule has 0 spiro atoms. The summed E-state index contributed by atoms with van der Waals surface area (Å²) in [5.41, 5.74) is 0.809. The van der Waals surface area contributed by atoms with Crippen LogP contribution in [0.2, 0.25) is 0 Å². The van der Waals surface area contributed by atoms with Crippen LogP contribution in [0, 0.1) is 0 Å². The van der Waals surface area contributed by atoms with Gasteiger partial charge in [-0.2, -0.15) is 0 Å². The van der Waals surface area contributed by atoms with Crippen molar-refractivity contribution in [1.82, 2.24) is 4.98 Å². The van der Waals surface area contributed by atoms with E-state index in [2.05, 4.69) is 11.9 Å². The van der Waals surface area contributed by atoms with Crippen LogP contribution in [0.25, 0.3) is 5.76 Å². The molecular formula is C30H30N2O7. The number of Topliss-reactive ketones (excluding diaryl/α,β-unsaturated/α-hetero) is 1. The topological polar surface area (TPSA) is 107 Å². The minimum absolute atomic E-state index is 0.0685. The highest BCUT2D eigenvalue weighted by Crippen LogP contribution is 2.44. The van der Waals surface area contributed by atoms with Gasteiger partial charge in [-0.05, 0) is 54.4 Å². The molecule has 5 rings (SSSR count). The number of carbonyl (C=O) groups is 2.